The molecular formula is C14H10ClN3O4S. The molecule has 3 heterocycles. The number of carbonyl (C=O) groups is 2. The Hall–Kier alpha value is -2.45. The number of pyridine rings is 1. The number of carboxylic acids is 1. The number of aromatic hydroxyl groups is 1. The van der Waals surface area contributed by atoms with E-state index in [0.717, 1.165) is 4.88 Å². The molecule has 9 heteroatoms. The van der Waals surface area contributed by atoms with E-state index in [-0.39, 0.29) is 16.9 Å². The minimum atomic E-state index is -1.19. The molecule has 23 heavy (non-hydrogen) atoms. The third-order valence-electron chi connectivity index (χ3n) is 3.30. The van der Waals surface area contributed by atoms with E-state index in [9.17, 15) is 19.8 Å². The van der Waals surface area contributed by atoms with Gasteiger partial charge < -0.3 is 10.2 Å². The molecule has 3 aromatic rings. The summed E-state index contributed by atoms with van der Waals surface area (Å²) in [5, 5.41) is 19.4. The van der Waals surface area contributed by atoms with Gasteiger partial charge in [-0.25, -0.2) is 9.78 Å². The van der Waals surface area contributed by atoms with E-state index in [2.05, 4.69) is 9.97 Å². The molecule has 0 aliphatic rings. The van der Waals surface area contributed by atoms with Crippen LogP contribution in [-0.4, -0.2) is 36.3 Å². The van der Waals surface area contributed by atoms with Crippen LogP contribution >= 0.6 is 22.9 Å². The average Bonchev–Trinajstić information content (AvgIpc) is 3.00. The zero-order valence-corrected chi connectivity index (χ0v) is 13.4. The van der Waals surface area contributed by atoms with Gasteiger partial charge in [0.15, 0.2) is 21.6 Å². The lowest BCUT2D eigenvalue weighted by Gasteiger charge is -2.07. The molecule has 0 atom stereocenters. The zero-order chi connectivity index (χ0) is 16.7. The summed E-state index contributed by atoms with van der Waals surface area (Å²) in [7, 11) is 0. The van der Waals surface area contributed by atoms with E-state index in [4.69, 9.17) is 11.6 Å². The second-order valence-corrected chi connectivity index (χ2v) is 6.51. The molecule has 3 rings (SSSR count). The van der Waals surface area contributed by atoms with Crippen LogP contribution in [-0.2, 0) is 6.42 Å². The SMILES string of the molecule is CC(=O)c1c(O)nc2c(C(=O)O)c(Cc3cnc(Cl)s3)ccn12. The van der Waals surface area contributed by atoms with E-state index < -0.39 is 17.6 Å². The number of imidazole rings is 1. The summed E-state index contributed by atoms with van der Waals surface area (Å²) in [6.45, 7) is 1.27. The molecular weight excluding hydrogens is 342 g/mol. The number of hydrogen-bond acceptors (Lipinski definition) is 6. The first-order valence-electron chi connectivity index (χ1n) is 6.45. The fourth-order valence-electron chi connectivity index (χ4n) is 2.39. The Kier molecular flexibility index (Phi) is 3.78. The Morgan fingerprint density at radius 2 is 2.17 bits per heavy atom. The first-order chi connectivity index (χ1) is 10.9. The van der Waals surface area contributed by atoms with Crippen molar-refractivity contribution in [1.82, 2.24) is 14.4 Å². The van der Waals surface area contributed by atoms with Crippen LogP contribution in [0.25, 0.3) is 5.65 Å². The zero-order valence-electron chi connectivity index (χ0n) is 11.8. The van der Waals surface area contributed by atoms with Crippen molar-refractivity contribution in [2.45, 2.75) is 13.3 Å². The van der Waals surface area contributed by atoms with Crippen molar-refractivity contribution < 1.29 is 19.8 Å². The number of nitrogens with zero attached hydrogens (tertiary/aromatic N) is 3. The van der Waals surface area contributed by atoms with Crippen LogP contribution in [0.15, 0.2) is 18.5 Å². The highest BCUT2D eigenvalue weighted by atomic mass is 35.5. The number of rotatable bonds is 4. The van der Waals surface area contributed by atoms with Crippen LogP contribution in [0.4, 0.5) is 0 Å². The van der Waals surface area contributed by atoms with Gasteiger partial charge in [0.2, 0.25) is 5.88 Å². The number of hydrogen-bond donors (Lipinski definition) is 2. The topological polar surface area (TPSA) is 105 Å². The summed E-state index contributed by atoms with van der Waals surface area (Å²) >= 11 is 7.04. The van der Waals surface area contributed by atoms with Crippen molar-refractivity contribution in [3.63, 3.8) is 0 Å². The molecule has 0 aliphatic heterocycles. The molecule has 0 amide bonds. The summed E-state index contributed by atoms with van der Waals surface area (Å²) in [6, 6.07) is 1.58. The second-order valence-electron chi connectivity index (χ2n) is 4.81. The number of ketones is 1. The Bertz CT molecular complexity index is 947. The standard InChI is InChI=1S/C14H10ClN3O4S/c1-6(19)10-12(20)17-11-9(13(21)22)7(2-3-18(10)11)4-8-5-16-14(15)23-8/h2-3,5,20H,4H2,1H3,(H,21,22). The number of aromatic nitrogens is 3. The van der Waals surface area contributed by atoms with Crippen molar-refractivity contribution in [3.8, 4) is 5.88 Å². The molecule has 0 fully saturated rings. The van der Waals surface area contributed by atoms with E-state index >= 15 is 0 Å². The van der Waals surface area contributed by atoms with Gasteiger partial charge in [-0.2, -0.15) is 4.98 Å². The second kappa shape index (κ2) is 5.64. The summed E-state index contributed by atoms with van der Waals surface area (Å²) < 4.78 is 1.65. The van der Waals surface area contributed by atoms with Gasteiger partial charge in [0.05, 0.1) is 0 Å². The maximum atomic E-state index is 11.7. The normalized spacial score (nSPS) is 11.0. The summed E-state index contributed by atoms with van der Waals surface area (Å²) in [4.78, 5) is 31.8. The van der Waals surface area contributed by atoms with Gasteiger partial charge in [0.25, 0.3) is 0 Å². The van der Waals surface area contributed by atoms with E-state index in [1.807, 2.05) is 0 Å². The molecule has 118 valence electrons. The van der Waals surface area contributed by atoms with Crippen LogP contribution in [0.3, 0.4) is 0 Å². The molecule has 2 N–H and O–H groups in total. The van der Waals surface area contributed by atoms with Crippen LogP contribution in [0.5, 0.6) is 5.88 Å². The molecule has 3 aromatic heterocycles. The van der Waals surface area contributed by atoms with Crippen molar-refractivity contribution >= 4 is 40.3 Å². The van der Waals surface area contributed by atoms with Gasteiger partial charge in [-0.15, -0.1) is 11.3 Å². The molecule has 0 spiro atoms. The Morgan fingerprint density at radius 1 is 1.43 bits per heavy atom. The number of Topliss-reactive ketones (excluding diaryl/α,β-unsaturated/α-hetero) is 1. The molecule has 0 aromatic carbocycles. The highest BCUT2D eigenvalue weighted by molar-refractivity contribution is 7.15. The van der Waals surface area contributed by atoms with E-state index in [1.54, 1.807) is 12.3 Å². The minimum Gasteiger partial charge on any atom is -0.492 e. The first-order valence-corrected chi connectivity index (χ1v) is 7.65. The lowest BCUT2D eigenvalue weighted by molar-refractivity contribution is 0.0697. The molecule has 0 radical (unpaired) electrons. The lowest BCUT2D eigenvalue weighted by atomic mass is 10.1. The number of carboxylic acid groups (broad SMARTS) is 1. The smallest absolute Gasteiger partial charge is 0.339 e. The Labute approximate surface area is 138 Å². The van der Waals surface area contributed by atoms with Gasteiger partial charge in [0.1, 0.15) is 5.56 Å². The Balaban J connectivity index is 2.21. The predicted molar refractivity (Wildman–Crippen MR) is 83.8 cm³/mol. The molecule has 0 unspecified atom stereocenters. The van der Waals surface area contributed by atoms with Gasteiger partial charge in [0, 0.05) is 30.6 Å². The number of carbonyl (C=O) groups excluding carboxylic acids is 1. The van der Waals surface area contributed by atoms with Gasteiger partial charge in [-0.3, -0.25) is 9.20 Å². The number of halogens is 1. The van der Waals surface area contributed by atoms with Gasteiger partial charge in [-0.1, -0.05) is 11.6 Å². The average molecular weight is 352 g/mol. The third-order valence-corrected chi connectivity index (χ3v) is 4.41. The first kappa shape index (κ1) is 15.4. The summed E-state index contributed by atoms with van der Waals surface area (Å²) in [6.07, 6.45) is 3.40. The predicted octanol–water partition coefficient (Wildman–Crippen LogP) is 2.64. The molecule has 0 aliphatic carbocycles. The van der Waals surface area contributed by atoms with Crippen LogP contribution in [0.1, 0.15) is 38.2 Å². The third kappa shape index (κ3) is 2.66. The maximum absolute atomic E-state index is 11.7. The fraction of sp³-hybridized carbons (Fsp3) is 0.143. The minimum absolute atomic E-state index is 0.0216. The summed E-state index contributed by atoms with van der Waals surface area (Å²) in [5.41, 5.74) is 0.397. The molecule has 0 saturated carbocycles. The fourth-order valence-corrected chi connectivity index (χ4v) is 3.40. The molecule has 0 saturated heterocycles. The number of aromatic carboxylic acids is 1. The van der Waals surface area contributed by atoms with E-state index in [1.165, 1.54) is 28.9 Å². The monoisotopic (exact) mass is 351 g/mol. The lowest BCUT2D eigenvalue weighted by Crippen LogP contribution is -2.08. The van der Waals surface area contributed by atoms with Crippen molar-refractivity contribution in [3.05, 3.63) is 44.6 Å². The van der Waals surface area contributed by atoms with E-state index in [0.29, 0.717) is 16.5 Å². The van der Waals surface area contributed by atoms with Gasteiger partial charge >= 0.3 is 5.97 Å². The highest BCUT2D eigenvalue weighted by Crippen LogP contribution is 2.27. The van der Waals surface area contributed by atoms with Crippen molar-refractivity contribution in [1.29, 1.82) is 0 Å². The van der Waals surface area contributed by atoms with Crippen molar-refractivity contribution in [2.24, 2.45) is 0 Å². The number of thiazole rings is 1. The maximum Gasteiger partial charge on any atom is 0.339 e. The largest absolute Gasteiger partial charge is 0.492 e. The highest BCUT2D eigenvalue weighted by Gasteiger charge is 2.23. The quantitative estimate of drug-likeness (QED) is 0.700. The van der Waals surface area contributed by atoms with Crippen LogP contribution < -0.4 is 0 Å². The van der Waals surface area contributed by atoms with Crippen LogP contribution in [0.2, 0.25) is 4.47 Å². The van der Waals surface area contributed by atoms with Gasteiger partial charge in [-0.05, 0) is 11.6 Å². The van der Waals surface area contributed by atoms with Crippen LogP contribution in [0, 0.1) is 0 Å². The number of fused-ring (bicyclic) bond motifs is 1. The molecule has 7 nitrogen and oxygen atoms in total. The van der Waals surface area contributed by atoms with Crippen molar-refractivity contribution in [2.75, 3.05) is 0 Å². The Morgan fingerprint density at radius 3 is 2.74 bits per heavy atom. The molecule has 0 bridgehead atoms. The summed E-state index contributed by atoms with van der Waals surface area (Å²) in [5.74, 6) is -2.09.